The Hall–Kier alpha value is -0.280. The monoisotopic (exact) mass is 289 g/mol. The normalized spacial score (nSPS) is 14.5. The highest BCUT2D eigenvalue weighted by Gasteiger charge is 2.15. The second-order valence-electron chi connectivity index (χ2n) is 4.50. The summed E-state index contributed by atoms with van der Waals surface area (Å²) in [5.74, 6) is 0. The van der Waals surface area contributed by atoms with Crippen LogP contribution >= 0.6 is 23.2 Å². The maximum absolute atomic E-state index is 6.20. The van der Waals surface area contributed by atoms with Crippen LogP contribution in [0.3, 0.4) is 0 Å². The van der Waals surface area contributed by atoms with Gasteiger partial charge in [-0.1, -0.05) is 36.5 Å². The quantitative estimate of drug-likeness (QED) is 0.800. The molecule has 2 atom stereocenters. The first kappa shape index (κ1) is 15.8. The highest BCUT2D eigenvalue weighted by Crippen LogP contribution is 2.26. The van der Waals surface area contributed by atoms with Gasteiger partial charge in [-0.2, -0.15) is 0 Å². The van der Waals surface area contributed by atoms with E-state index < -0.39 is 0 Å². The second-order valence-corrected chi connectivity index (χ2v) is 5.34. The van der Waals surface area contributed by atoms with Crippen molar-refractivity contribution in [1.29, 1.82) is 0 Å². The minimum Gasteiger partial charge on any atom is -0.383 e. The van der Waals surface area contributed by atoms with Gasteiger partial charge in [-0.3, -0.25) is 0 Å². The summed E-state index contributed by atoms with van der Waals surface area (Å²) in [6, 6.07) is 6.05. The molecule has 0 spiro atoms. The average molecular weight is 290 g/mol. The van der Waals surface area contributed by atoms with E-state index in [0.29, 0.717) is 17.7 Å². The van der Waals surface area contributed by atoms with Gasteiger partial charge in [-0.25, -0.2) is 0 Å². The molecule has 0 bridgehead atoms. The van der Waals surface area contributed by atoms with Gasteiger partial charge < -0.3 is 10.1 Å². The molecule has 0 aliphatic heterocycles. The first-order chi connectivity index (χ1) is 8.58. The zero-order valence-corrected chi connectivity index (χ0v) is 12.7. The first-order valence-corrected chi connectivity index (χ1v) is 7.04. The molecule has 1 aromatic carbocycles. The number of methoxy groups -OCH3 is 1. The lowest BCUT2D eigenvalue weighted by atomic mass is 10.1. The summed E-state index contributed by atoms with van der Waals surface area (Å²) in [5.41, 5.74) is 1.03. The van der Waals surface area contributed by atoms with Gasteiger partial charge in [0.15, 0.2) is 0 Å². The van der Waals surface area contributed by atoms with Crippen LogP contribution in [0.4, 0.5) is 0 Å². The molecule has 4 heteroatoms. The number of nitrogens with one attached hydrogen (secondary N) is 1. The van der Waals surface area contributed by atoms with Crippen molar-refractivity contribution in [1.82, 2.24) is 5.32 Å². The molecule has 0 aromatic heterocycles. The molecule has 0 saturated carbocycles. The Morgan fingerprint density at radius 3 is 2.67 bits per heavy atom. The van der Waals surface area contributed by atoms with E-state index in [1.54, 1.807) is 13.2 Å². The summed E-state index contributed by atoms with van der Waals surface area (Å²) in [7, 11) is 1.72. The van der Waals surface area contributed by atoms with E-state index in [1.807, 2.05) is 12.1 Å². The van der Waals surface area contributed by atoms with E-state index >= 15 is 0 Å². The molecular formula is C14H21Cl2NO. The fraction of sp³-hybridized carbons (Fsp3) is 0.571. The van der Waals surface area contributed by atoms with Crippen LogP contribution in [-0.4, -0.2) is 19.8 Å². The van der Waals surface area contributed by atoms with Crippen molar-refractivity contribution < 1.29 is 4.74 Å². The van der Waals surface area contributed by atoms with Crippen molar-refractivity contribution in [2.24, 2.45) is 0 Å². The van der Waals surface area contributed by atoms with Gasteiger partial charge in [0.1, 0.15) is 0 Å². The fourth-order valence-corrected chi connectivity index (χ4v) is 2.52. The third-order valence-corrected chi connectivity index (χ3v) is 3.49. The van der Waals surface area contributed by atoms with Crippen molar-refractivity contribution in [3.05, 3.63) is 33.8 Å². The van der Waals surface area contributed by atoms with Gasteiger partial charge >= 0.3 is 0 Å². The maximum Gasteiger partial charge on any atom is 0.0616 e. The number of hydrogen-bond donors (Lipinski definition) is 1. The largest absolute Gasteiger partial charge is 0.383 e. The molecule has 2 unspecified atom stereocenters. The number of halogens is 2. The van der Waals surface area contributed by atoms with E-state index in [1.165, 1.54) is 0 Å². The number of hydrogen-bond acceptors (Lipinski definition) is 2. The van der Waals surface area contributed by atoms with Crippen LogP contribution in [0.15, 0.2) is 18.2 Å². The maximum atomic E-state index is 6.20. The highest BCUT2D eigenvalue weighted by atomic mass is 35.5. The number of benzene rings is 1. The molecule has 0 radical (unpaired) electrons. The van der Waals surface area contributed by atoms with E-state index in [-0.39, 0.29) is 6.04 Å². The van der Waals surface area contributed by atoms with Crippen molar-refractivity contribution in [3.63, 3.8) is 0 Å². The summed E-state index contributed by atoms with van der Waals surface area (Å²) in [6.07, 6.45) is 2.20. The zero-order chi connectivity index (χ0) is 13.5. The minimum absolute atomic E-state index is 0.155. The third kappa shape index (κ3) is 4.77. The minimum atomic E-state index is 0.155. The van der Waals surface area contributed by atoms with Crippen LogP contribution in [0.5, 0.6) is 0 Å². The molecule has 0 amide bonds. The topological polar surface area (TPSA) is 21.3 Å². The molecule has 1 N–H and O–H groups in total. The Morgan fingerprint density at radius 2 is 2.06 bits per heavy atom. The van der Waals surface area contributed by atoms with Gasteiger partial charge in [0.2, 0.25) is 0 Å². The lowest BCUT2D eigenvalue weighted by Gasteiger charge is -2.23. The van der Waals surface area contributed by atoms with Gasteiger partial charge in [0, 0.05) is 29.2 Å². The van der Waals surface area contributed by atoms with E-state index in [4.69, 9.17) is 27.9 Å². The van der Waals surface area contributed by atoms with E-state index in [0.717, 1.165) is 23.4 Å². The Labute approximate surface area is 120 Å². The molecule has 0 fully saturated rings. The summed E-state index contributed by atoms with van der Waals surface area (Å²) in [4.78, 5) is 0. The van der Waals surface area contributed by atoms with Crippen LogP contribution in [0.25, 0.3) is 0 Å². The molecular weight excluding hydrogens is 269 g/mol. The molecule has 0 saturated heterocycles. The van der Waals surface area contributed by atoms with Gasteiger partial charge in [0.25, 0.3) is 0 Å². The summed E-state index contributed by atoms with van der Waals surface area (Å²) in [6.45, 7) is 4.97. The van der Waals surface area contributed by atoms with Crippen molar-refractivity contribution in [3.8, 4) is 0 Å². The fourth-order valence-electron chi connectivity index (χ4n) is 2.05. The standard InChI is InChI=1S/C14H21Cl2NO/c1-4-5-12(9-18-3)17-10(2)13-8-11(15)6-7-14(13)16/h6-8,10,12,17H,4-5,9H2,1-3H3. The van der Waals surface area contributed by atoms with Crippen molar-refractivity contribution in [2.45, 2.75) is 38.8 Å². The van der Waals surface area contributed by atoms with E-state index in [9.17, 15) is 0 Å². The lowest BCUT2D eigenvalue weighted by molar-refractivity contribution is 0.157. The molecule has 18 heavy (non-hydrogen) atoms. The molecule has 102 valence electrons. The van der Waals surface area contributed by atoms with Crippen LogP contribution in [0.1, 0.15) is 38.3 Å². The Kier molecular flexibility index (Phi) is 7.02. The van der Waals surface area contributed by atoms with Crippen molar-refractivity contribution in [2.75, 3.05) is 13.7 Å². The van der Waals surface area contributed by atoms with Gasteiger partial charge in [-0.15, -0.1) is 0 Å². The third-order valence-electron chi connectivity index (χ3n) is 2.92. The molecule has 0 aliphatic carbocycles. The Balaban J connectivity index is 2.73. The van der Waals surface area contributed by atoms with Gasteiger partial charge in [0.05, 0.1) is 6.61 Å². The molecule has 1 rings (SSSR count). The van der Waals surface area contributed by atoms with Gasteiger partial charge in [-0.05, 0) is 37.1 Å². The molecule has 1 aromatic rings. The number of ether oxygens (including phenoxy) is 1. The summed E-state index contributed by atoms with van der Waals surface area (Å²) < 4.78 is 5.23. The smallest absolute Gasteiger partial charge is 0.0616 e. The summed E-state index contributed by atoms with van der Waals surface area (Å²) >= 11 is 12.2. The number of rotatable bonds is 7. The Bertz CT molecular complexity index is 365. The average Bonchev–Trinajstić information content (AvgIpc) is 2.33. The van der Waals surface area contributed by atoms with Crippen molar-refractivity contribution >= 4 is 23.2 Å². The molecule has 0 aliphatic rings. The van der Waals surface area contributed by atoms with Crippen LogP contribution < -0.4 is 5.32 Å². The SMILES string of the molecule is CCCC(COC)NC(C)c1cc(Cl)ccc1Cl. The lowest BCUT2D eigenvalue weighted by Crippen LogP contribution is -2.35. The van der Waals surface area contributed by atoms with Crippen LogP contribution in [0.2, 0.25) is 10.0 Å². The molecule has 0 heterocycles. The predicted octanol–water partition coefficient (Wildman–Crippen LogP) is 4.46. The predicted molar refractivity (Wildman–Crippen MR) is 78.6 cm³/mol. The Morgan fingerprint density at radius 1 is 1.33 bits per heavy atom. The zero-order valence-electron chi connectivity index (χ0n) is 11.2. The molecule has 2 nitrogen and oxygen atoms in total. The highest BCUT2D eigenvalue weighted by molar-refractivity contribution is 6.33. The second kappa shape index (κ2) is 8.00. The van der Waals surface area contributed by atoms with E-state index in [2.05, 4.69) is 19.2 Å². The summed E-state index contributed by atoms with van der Waals surface area (Å²) in [5, 5.41) is 4.99. The first-order valence-electron chi connectivity index (χ1n) is 6.28. The van der Waals surface area contributed by atoms with Crippen LogP contribution in [-0.2, 0) is 4.74 Å². The van der Waals surface area contributed by atoms with Crippen LogP contribution in [0, 0.1) is 0 Å².